The first-order valence-corrected chi connectivity index (χ1v) is 9.77. The number of hydrogen-bond acceptors (Lipinski definition) is 4. The summed E-state index contributed by atoms with van der Waals surface area (Å²) in [5.41, 5.74) is 2.23. The molecule has 0 atom stereocenters. The van der Waals surface area contributed by atoms with Gasteiger partial charge in [-0.15, -0.1) is 24.0 Å². The van der Waals surface area contributed by atoms with Gasteiger partial charge in [0.15, 0.2) is 5.96 Å². The molecular weight excluding hydrogens is 467 g/mol. The third kappa shape index (κ3) is 7.92. The van der Waals surface area contributed by atoms with Crippen LogP contribution in [0.4, 0.5) is 0 Å². The molecule has 0 saturated carbocycles. The second-order valence-electron chi connectivity index (χ2n) is 6.64. The SMILES string of the molecule is CCNC(=NCCN(C)CCCOC)NCCn1c(C)nc2ccccc21.I. The summed E-state index contributed by atoms with van der Waals surface area (Å²) in [5.74, 6) is 1.91. The number of aromatic nitrogens is 2. The van der Waals surface area contributed by atoms with E-state index in [9.17, 15) is 0 Å². The second kappa shape index (κ2) is 13.7. The summed E-state index contributed by atoms with van der Waals surface area (Å²) in [6, 6.07) is 8.26. The number of methoxy groups -OCH3 is 1. The number of guanidine groups is 1. The normalized spacial score (nSPS) is 11.7. The summed E-state index contributed by atoms with van der Waals surface area (Å²) < 4.78 is 7.34. The number of aryl methyl sites for hydroxylation is 1. The van der Waals surface area contributed by atoms with Crippen LogP contribution < -0.4 is 10.6 Å². The van der Waals surface area contributed by atoms with Gasteiger partial charge in [0.1, 0.15) is 5.82 Å². The molecule has 1 aromatic carbocycles. The Morgan fingerprint density at radius 3 is 2.79 bits per heavy atom. The summed E-state index contributed by atoms with van der Waals surface area (Å²) in [6.45, 7) is 10.2. The van der Waals surface area contributed by atoms with E-state index in [0.717, 1.165) is 69.6 Å². The Morgan fingerprint density at radius 2 is 2.04 bits per heavy atom. The Morgan fingerprint density at radius 1 is 1.25 bits per heavy atom. The number of para-hydroxylation sites is 2. The second-order valence-corrected chi connectivity index (χ2v) is 6.64. The van der Waals surface area contributed by atoms with Crippen molar-refractivity contribution in [2.45, 2.75) is 26.8 Å². The van der Waals surface area contributed by atoms with Gasteiger partial charge >= 0.3 is 0 Å². The highest BCUT2D eigenvalue weighted by Crippen LogP contribution is 2.14. The van der Waals surface area contributed by atoms with Crippen molar-refractivity contribution < 1.29 is 4.74 Å². The van der Waals surface area contributed by atoms with E-state index >= 15 is 0 Å². The van der Waals surface area contributed by atoms with Gasteiger partial charge in [-0.25, -0.2) is 4.98 Å². The maximum atomic E-state index is 5.10. The van der Waals surface area contributed by atoms with Crippen molar-refractivity contribution in [3.8, 4) is 0 Å². The molecule has 0 aliphatic carbocycles. The van der Waals surface area contributed by atoms with Gasteiger partial charge in [0.05, 0.1) is 17.6 Å². The molecule has 0 fully saturated rings. The van der Waals surface area contributed by atoms with E-state index in [-0.39, 0.29) is 24.0 Å². The van der Waals surface area contributed by atoms with E-state index in [1.54, 1.807) is 7.11 Å². The van der Waals surface area contributed by atoms with Crippen LogP contribution in [0.2, 0.25) is 0 Å². The Kier molecular flexibility index (Phi) is 12.1. The number of likely N-dealkylation sites (N-methyl/N-ethyl adjacent to an activating group) is 1. The van der Waals surface area contributed by atoms with Crippen LogP contribution in [0.1, 0.15) is 19.2 Å². The van der Waals surface area contributed by atoms with Crippen molar-refractivity contribution in [1.29, 1.82) is 0 Å². The van der Waals surface area contributed by atoms with Gasteiger partial charge in [0, 0.05) is 46.4 Å². The fourth-order valence-electron chi connectivity index (χ4n) is 3.03. The van der Waals surface area contributed by atoms with E-state index < -0.39 is 0 Å². The Balaban J connectivity index is 0.00000392. The van der Waals surface area contributed by atoms with Crippen LogP contribution in [0.15, 0.2) is 29.3 Å². The van der Waals surface area contributed by atoms with Crippen molar-refractivity contribution >= 4 is 41.0 Å². The van der Waals surface area contributed by atoms with Gasteiger partial charge in [0.25, 0.3) is 0 Å². The summed E-state index contributed by atoms with van der Waals surface area (Å²) in [7, 11) is 3.87. The molecule has 2 N–H and O–H groups in total. The number of benzene rings is 1. The predicted molar refractivity (Wildman–Crippen MR) is 128 cm³/mol. The van der Waals surface area contributed by atoms with Gasteiger partial charge in [-0.05, 0) is 39.4 Å². The smallest absolute Gasteiger partial charge is 0.191 e. The maximum Gasteiger partial charge on any atom is 0.191 e. The lowest BCUT2D eigenvalue weighted by Crippen LogP contribution is -2.39. The summed E-state index contributed by atoms with van der Waals surface area (Å²) in [6.07, 6.45) is 1.05. The minimum Gasteiger partial charge on any atom is -0.385 e. The quantitative estimate of drug-likeness (QED) is 0.214. The van der Waals surface area contributed by atoms with Crippen LogP contribution in [0, 0.1) is 6.92 Å². The first-order valence-electron chi connectivity index (χ1n) is 9.77. The van der Waals surface area contributed by atoms with Crippen LogP contribution in [-0.4, -0.2) is 73.9 Å². The molecule has 0 aliphatic rings. The summed E-state index contributed by atoms with van der Waals surface area (Å²) in [4.78, 5) is 11.6. The third-order valence-corrected chi connectivity index (χ3v) is 4.46. The number of ether oxygens (including phenoxy) is 1. The Bertz CT molecular complexity index is 718. The van der Waals surface area contributed by atoms with Crippen molar-refractivity contribution in [1.82, 2.24) is 25.1 Å². The molecule has 0 radical (unpaired) electrons. The molecule has 7 nitrogen and oxygen atoms in total. The largest absolute Gasteiger partial charge is 0.385 e. The number of halogens is 1. The molecule has 0 saturated heterocycles. The lowest BCUT2D eigenvalue weighted by Gasteiger charge is -2.16. The van der Waals surface area contributed by atoms with E-state index in [1.807, 2.05) is 6.07 Å². The number of hydrogen-bond donors (Lipinski definition) is 2. The number of imidazole rings is 1. The predicted octanol–water partition coefficient (Wildman–Crippen LogP) is 2.49. The fourth-order valence-corrected chi connectivity index (χ4v) is 3.03. The van der Waals surface area contributed by atoms with Gasteiger partial charge < -0.3 is 24.8 Å². The first kappa shape index (κ1) is 24.6. The zero-order chi connectivity index (χ0) is 19.5. The monoisotopic (exact) mass is 502 g/mol. The highest BCUT2D eigenvalue weighted by molar-refractivity contribution is 14.0. The zero-order valence-electron chi connectivity index (χ0n) is 17.6. The van der Waals surface area contributed by atoms with Crippen molar-refractivity contribution in [3.05, 3.63) is 30.1 Å². The van der Waals surface area contributed by atoms with E-state index in [2.05, 4.69) is 69.2 Å². The standard InChI is InChI=1S/C20H34N6O.HI/c1-5-21-20(22-11-14-25(3)13-8-16-27-4)23-12-15-26-17(2)24-18-9-6-7-10-19(18)26;/h6-7,9-10H,5,8,11-16H2,1-4H3,(H2,21,22,23);1H. The molecule has 158 valence electrons. The average Bonchev–Trinajstić information content (AvgIpc) is 2.97. The van der Waals surface area contributed by atoms with E-state index in [1.165, 1.54) is 5.52 Å². The molecule has 8 heteroatoms. The fraction of sp³-hybridized carbons (Fsp3) is 0.600. The van der Waals surface area contributed by atoms with E-state index in [4.69, 9.17) is 4.74 Å². The highest BCUT2D eigenvalue weighted by Gasteiger charge is 2.06. The van der Waals surface area contributed by atoms with Crippen molar-refractivity contribution in [2.24, 2.45) is 4.99 Å². The summed E-state index contributed by atoms with van der Waals surface area (Å²) in [5, 5.41) is 6.74. The van der Waals surface area contributed by atoms with Crippen LogP contribution in [-0.2, 0) is 11.3 Å². The number of rotatable bonds is 11. The third-order valence-electron chi connectivity index (χ3n) is 4.46. The molecule has 1 heterocycles. The molecule has 2 aromatic rings. The lowest BCUT2D eigenvalue weighted by atomic mass is 10.3. The molecule has 2 rings (SSSR count). The minimum atomic E-state index is 0. The number of nitrogens with one attached hydrogen (secondary N) is 2. The zero-order valence-corrected chi connectivity index (χ0v) is 19.9. The Hall–Kier alpha value is -1.39. The molecular formula is C20H35IN6O. The van der Waals surface area contributed by atoms with Crippen LogP contribution >= 0.6 is 24.0 Å². The lowest BCUT2D eigenvalue weighted by molar-refractivity contribution is 0.180. The highest BCUT2D eigenvalue weighted by atomic mass is 127. The van der Waals surface area contributed by atoms with Crippen molar-refractivity contribution in [3.63, 3.8) is 0 Å². The Labute approximate surface area is 186 Å². The van der Waals surface area contributed by atoms with Crippen LogP contribution in [0.25, 0.3) is 11.0 Å². The average molecular weight is 502 g/mol. The molecule has 28 heavy (non-hydrogen) atoms. The summed E-state index contributed by atoms with van der Waals surface area (Å²) >= 11 is 0. The van der Waals surface area contributed by atoms with E-state index in [0.29, 0.717) is 0 Å². The van der Waals surface area contributed by atoms with Gasteiger partial charge in [-0.2, -0.15) is 0 Å². The molecule has 1 aromatic heterocycles. The maximum absolute atomic E-state index is 5.10. The molecule has 0 spiro atoms. The van der Waals surface area contributed by atoms with Crippen LogP contribution in [0.3, 0.4) is 0 Å². The number of aliphatic imine (C=N–C) groups is 1. The number of nitrogens with zero attached hydrogens (tertiary/aromatic N) is 4. The molecule has 0 amide bonds. The number of fused-ring (bicyclic) bond motifs is 1. The van der Waals surface area contributed by atoms with Crippen LogP contribution in [0.5, 0.6) is 0 Å². The minimum absolute atomic E-state index is 0. The van der Waals surface area contributed by atoms with Gasteiger partial charge in [-0.1, -0.05) is 12.1 Å². The first-order chi connectivity index (χ1) is 13.2. The van der Waals surface area contributed by atoms with Gasteiger partial charge in [0.2, 0.25) is 0 Å². The molecule has 0 unspecified atom stereocenters. The topological polar surface area (TPSA) is 66.7 Å². The van der Waals surface area contributed by atoms with Crippen molar-refractivity contribution in [2.75, 3.05) is 53.5 Å². The molecule has 0 aliphatic heterocycles. The van der Waals surface area contributed by atoms with Gasteiger partial charge in [-0.3, -0.25) is 4.99 Å². The molecule has 0 bridgehead atoms.